The molecule has 2 aromatic rings. The number of hydrogen-bond donors (Lipinski definition) is 1. The second-order valence-corrected chi connectivity index (χ2v) is 7.45. The summed E-state index contributed by atoms with van der Waals surface area (Å²) in [7, 11) is 0. The first kappa shape index (κ1) is 16.7. The van der Waals surface area contributed by atoms with Crippen molar-refractivity contribution in [2.75, 3.05) is 10.2 Å². The third-order valence-electron chi connectivity index (χ3n) is 5.67. The molecule has 26 heavy (non-hydrogen) atoms. The summed E-state index contributed by atoms with van der Waals surface area (Å²) in [5, 5.41) is 12.7. The van der Waals surface area contributed by atoms with Crippen LogP contribution >= 0.6 is 0 Å². The summed E-state index contributed by atoms with van der Waals surface area (Å²) in [4.78, 5) is 14.5. The van der Waals surface area contributed by atoms with E-state index in [4.69, 9.17) is 5.26 Å². The first-order valence-electron chi connectivity index (χ1n) is 9.25. The van der Waals surface area contributed by atoms with E-state index in [0.29, 0.717) is 17.4 Å². The van der Waals surface area contributed by atoms with Crippen molar-refractivity contribution in [1.29, 1.82) is 5.26 Å². The van der Waals surface area contributed by atoms with Crippen LogP contribution in [0, 0.1) is 23.2 Å². The standard InChI is InChI=1S/C22H23N3O/c1-14-21(24-18-11-7-16(13-23)8-12-18)19-5-3-4-6-20(19)25(15(2)26)22(14)17-9-10-17/h3-8,11-12,14,17,21-22,24H,9-10H2,1-2H3/t14-,21?,22-/m1/s1. The minimum atomic E-state index is 0.123. The maximum absolute atomic E-state index is 12.5. The van der Waals surface area contributed by atoms with Crippen LogP contribution in [0.1, 0.15) is 43.9 Å². The van der Waals surface area contributed by atoms with Crippen LogP contribution in [0.15, 0.2) is 48.5 Å². The molecule has 2 aliphatic rings. The number of nitrogens with one attached hydrogen (secondary N) is 1. The number of nitriles is 1. The van der Waals surface area contributed by atoms with Gasteiger partial charge in [-0.2, -0.15) is 5.26 Å². The van der Waals surface area contributed by atoms with Gasteiger partial charge in [0.2, 0.25) is 5.91 Å². The van der Waals surface area contributed by atoms with Crippen LogP contribution in [0.4, 0.5) is 11.4 Å². The summed E-state index contributed by atoms with van der Waals surface area (Å²) in [6.07, 6.45) is 2.40. The van der Waals surface area contributed by atoms with E-state index in [1.165, 1.54) is 12.8 Å². The Bertz CT molecular complexity index is 864. The average molecular weight is 345 g/mol. The van der Waals surface area contributed by atoms with E-state index in [-0.39, 0.29) is 18.0 Å². The molecule has 3 atom stereocenters. The Morgan fingerprint density at radius 2 is 1.85 bits per heavy atom. The van der Waals surface area contributed by atoms with Gasteiger partial charge < -0.3 is 10.2 Å². The Morgan fingerprint density at radius 1 is 1.15 bits per heavy atom. The number of benzene rings is 2. The molecule has 1 N–H and O–H groups in total. The molecule has 0 bridgehead atoms. The van der Waals surface area contributed by atoms with Gasteiger partial charge >= 0.3 is 0 Å². The number of amides is 1. The molecule has 4 heteroatoms. The Balaban J connectivity index is 1.74. The normalized spacial score (nSPS) is 24.5. The number of carbonyl (C=O) groups excluding carboxylic acids is 1. The summed E-state index contributed by atoms with van der Waals surface area (Å²) >= 11 is 0. The molecule has 2 aromatic carbocycles. The Morgan fingerprint density at radius 3 is 2.46 bits per heavy atom. The highest BCUT2D eigenvalue weighted by Crippen LogP contribution is 2.49. The molecule has 4 nitrogen and oxygen atoms in total. The second kappa shape index (κ2) is 6.49. The number of hydrogen-bond acceptors (Lipinski definition) is 3. The van der Waals surface area contributed by atoms with E-state index in [1.807, 2.05) is 41.3 Å². The lowest BCUT2D eigenvalue weighted by Gasteiger charge is -2.46. The van der Waals surface area contributed by atoms with Crippen LogP contribution in [0.2, 0.25) is 0 Å². The molecule has 0 aromatic heterocycles. The van der Waals surface area contributed by atoms with E-state index >= 15 is 0 Å². The van der Waals surface area contributed by atoms with E-state index in [2.05, 4.69) is 30.4 Å². The third kappa shape index (κ3) is 2.84. The van der Waals surface area contributed by atoms with E-state index in [0.717, 1.165) is 16.9 Å². The van der Waals surface area contributed by atoms with Crippen molar-refractivity contribution in [3.05, 3.63) is 59.7 Å². The van der Waals surface area contributed by atoms with Crippen molar-refractivity contribution in [1.82, 2.24) is 0 Å². The lowest BCUT2D eigenvalue weighted by Crippen LogP contribution is -2.51. The summed E-state index contributed by atoms with van der Waals surface area (Å²) in [6.45, 7) is 3.92. The molecule has 1 unspecified atom stereocenters. The highest BCUT2D eigenvalue weighted by atomic mass is 16.2. The fourth-order valence-corrected chi connectivity index (χ4v) is 4.33. The molecule has 1 amide bonds. The number of nitrogens with zero attached hydrogens (tertiary/aromatic N) is 2. The zero-order valence-electron chi connectivity index (χ0n) is 15.1. The molecule has 1 aliphatic carbocycles. The molecule has 132 valence electrons. The predicted octanol–water partition coefficient (Wildman–Crippen LogP) is 4.49. The molecule has 1 aliphatic heterocycles. The molecule has 1 heterocycles. The maximum atomic E-state index is 12.5. The van der Waals surface area contributed by atoms with Gasteiger partial charge in [0.05, 0.1) is 17.7 Å². The minimum absolute atomic E-state index is 0.123. The van der Waals surface area contributed by atoms with Crippen LogP contribution in [-0.4, -0.2) is 11.9 Å². The molecular weight excluding hydrogens is 322 g/mol. The van der Waals surface area contributed by atoms with Gasteiger partial charge in [-0.15, -0.1) is 0 Å². The van der Waals surface area contributed by atoms with Crippen molar-refractivity contribution in [3.63, 3.8) is 0 Å². The smallest absolute Gasteiger partial charge is 0.224 e. The van der Waals surface area contributed by atoms with Crippen LogP contribution in [0.3, 0.4) is 0 Å². The fourth-order valence-electron chi connectivity index (χ4n) is 4.33. The monoisotopic (exact) mass is 345 g/mol. The van der Waals surface area contributed by atoms with Gasteiger partial charge in [-0.3, -0.25) is 4.79 Å². The van der Waals surface area contributed by atoms with Crippen LogP contribution in [0.25, 0.3) is 0 Å². The molecule has 0 radical (unpaired) electrons. The summed E-state index contributed by atoms with van der Waals surface area (Å²) in [5.41, 5.74) is 3.85. The van der Waals surface area contributed by atoms with Gasteiger partial charge in [-0.1, -0.05) is 25.1 Å². The molecule has 1 saturated carbocycles. The largest absolute Gasteiger partial charge is 0.378 e. The number of rotatable bonds is 3. The van der Waals surface area contributed by atoms with Gasteiger partial charge in [0.1, 0.15) is 0 Å². The lowest BCUT2D eigenvalue weighted by atomic mass is 9.80. The minimum Gasteiger partial charge on any atom is -0.378 e. The van der Waals surface area contributed by atoms with Gasteiger partial charge in [0.15, 0.2) is 0 Å². The van der Waals surface area contributed by atoms with Gasteiger partial charge in [-0.25, -0.2) is 0 Å². The molecular formula is C22H23N3O. The Labute approximate surface area is 154 Å². The van der Waals surface area contributed by atoms with Gasteiger partial charge in [0, 0.05) is 30.3 Å². The lowest BCUT2D eigenvalue weighted by molar-refractivity contribution is -0.117. The maximum Gasteiger partial charge on any atom is 0.224 e. The first-order valence-corrected chi connectivity index (χ1v) is 9.25. The number of para-hydroxylation sites is 1. The highest BCUT2D eigenvalue weighted by Gasteiger charge is 2.47. The Hall–Kier alpha value is -2.80. The second-order valence-electron chi connectivity index (χ2n) is 7.45. The van der Waals surface area contributed by atoms with Crippen molar-refractivity contribution < 1.29 is 4.79 Å². The van der Waals surface area contributed by atoms with Gasteiger partial charge in [0.25, 0.3) is 0 Å². The quantitative estimate of drug-likeness (QED) is 0.891. The van der Waals surface area contributed by atoms with Crippen molar-refractivity contribution in [2.45, 2.75) is 38.8 Å². The van der Waals surface area contributed by atoms with E-state index in [9.17, 15) is 4.79 Å². The van der Waals surface area contributed by atoms with Crippen LogP contribution in [-0.2, 0) is 4.79 Å². The zero-order chi connectivity index (χ0) is 18.3. The van der Waals surface area contributed by atoms with Crippen molar-refractivity contribution >= 4 is 17.3 Å². The van der Waals surface area contributed by atoms with Gasteiger partial charge in [-0.05, 0) is 54.7 Å². The molecule has 1 fully saturated rings. The van der Waals surface area contributed by atoms with Crippen LogP contribution < -0.4 is 10.2 Å². The van der Waals surface area contributed by atoms with Crippen LogP contribution in [0.5, 0.6) is 0 Å². The van der Waals surface area contributed by atoms with E-state index in [1.54, 1.807) is 6.92 Å². The zero-order valence-corrected chi connectivity index (χ0v) is 15.1. The van der Waals surface area contributed by atoms with Crippen molar-refractivity contribution in [2.24, 2.45) is 11.8 Å². The van der Waals surface area contributed by atoms with Crippen molar-refractivity contribution in [3.8, 4) is 6.07 Å². The molecule has 0 spiro atoms. The Kier molecular flexibility index (Phi) is 4.16. The third-order valence-corrected chi connectivity index (χ3v) is 5.67. The average Bonchev–Trinajstić information content (AvgIpc) is 3.48. The first-order chi connectivity index (χ1) is 12.6. The predicted molar refractivity (Wildman–Crippen MR) is 103 cm³/mol. The van der Waals surface area contributed by atoms with E-state index < -0.39 is 0 Å². The summed E-state index contributed by atoms with van der Waals surface area (Å²) in [6, 6.07) is 18.3. The number of fused-ring (bicyclic) bond motifs is 1. The fraction of sp³-hybridized carbons (Fsp3) is 0.364. The highest BCUT2D eigenvalue weighted by molar-refractivity contribution is 5.94. The molecule has 4 rings (SSSR count). The summed E-state index contributed by atoms with van der Waals surface area (Å²) < 4.78 is 0. The molecule has 0 saturated heterocycles. The number of anilines is 2. The SMILES string of the molecule is CC(=O)N1c2ccccc2C(Nc2ccc(C#N)cc2)[C@@H](C)[C@@H]1C1CC1. The number of carbonyl (C=O) groups is 1. The topological polar surface area (TPSA) is 56.1 Å². The summed E-state index contributed by atoms with van der Waals surface area (Å²) in [5.74, 6) is 1.02.